The Hall–Kier alpha value is -2.53. The monoisotopic (exact) mass is 352 g/mol. The Labute approximate surface area is 155 Å². The number of rotatable bonds is 5. The number of nitrogens with two attached hydrogens (primary N) is 1. The van der Waals surface area contributed by atoms with E-state index < -0.39 is 0 Å². The number of benzene rings is 2. The van der Waals surface area contributed by atoms with Crippen molar-refractivity contribution in [2.75, 3.05) is 43.4 Å². The molecule has 1 amide bonds. The summed E-state index contributed by atoms with van der Waals surface area (Å²) < 4.78 is 0. The van der Waals surface area contributed by atoms with E-state index in [1.807, 2.05) is 25.1 Å². The van der Waals surface area contributed by atoms with Gasteiger partial charge in [-0.2, -0.15) is 0 Å². The highest BCUT2D eigenvalue weighted by Crippen LogP contribution is 2.17. The van der Waals surface area contributed by atoms with Crippen molar-refractivity contribution in [3.63, 3.8) is 0 Å². The molecule has 1 unspecified atom stereocenters. The molecule has 1 atom stereocenters. The maximum atomic E-state index is 12.4. The number of amides is 1. The van der Waals surface area contributed by atoms with Crippen molar-refractivity contribution in [2.45, 2.75) is 19.9 Å². The van der Waals surface area contributed by atoms with Gasteiger partial charge < -0.3 is 16.0 Å². The lowest BCUT2D eigenvalue weighted by molar-refractivity contribution is 0.0933. The molecule has 26 heavy (non-hydrogen) atoms. The molecule has 5 heteroatoms. The number of nitrogens with zero attached hydrogens (tertiary/aromatic N) is 2. The van der Waals surface area contributed by atoms with Crippen LogP contribution in [-0.4, -0.2) is 49.6 Å². The second kappa shape index (κ2) is 8.23. The van der Waals surface area contributed by atoms with Crippen LogP contribution in [-0.2, 0) is 0 Å². The highest BCUT2D eigenvalue weighted by Gasteiger charge is 2.21. The normalized spacial score (nSPS) is 16.3. The van der Waals surface area contributed by atoms with Gasteiger partial charge in [-0.1, -0.05) is 24.3 Å². The first kappa shape index (κ1) is 18.3. The van der Waals surface area contributed by atoms with E-state index in [1.54, 1.807) is 6.07 Å². The number of carbonyl (C=O) groups excluding carboxylic acids is 1. The fraction of sp³-hybridized carbons (Fsp3) is 0.381. The SMILES string of the molecule is Cc1ccc(N)cc1C(=O)NCC(C)N1CCN(c2ccccc2)CC1. The predicted molar refractivity (Wildman–Crippen MR) is 108 cm³/mol. The van der Waals surface area contributed by atoms with Gasteiger partial charge in [0, 0.05) is 55.7 Å². The quantitative estimate of drug-likeness (QED) is 0.812. The average molecular weight is 352 g/mol. The van der Waals surface area contributed by atoms with E-state index in [4.69, 9.17) is 5.73 Å². The number of hydrogen-bond donors (Lipinski definition) is 2. The summed E-state index contributed by atoms with van der Waals surface area (Å²) in [5, 5.41) is 3.06. The minimum atomic E-state index is -0.0513. The number of anilines is 2. The molecule has 138 valence electrons. The number of nitrogens with one attached hydrogen (secondary N) is 1. The number of nitrogen functional groups attached to an aromatic ring is 1. The fourth-order valence-electron chi connectivity index (χ4n) is 3.41. The molecule has 3 N–H and O–H groups in total. The first-order valence-corrected chi connectivity index (χ1v) is 9.23. The Kier molecular flexibility index (Phi) is 5.78. The van der Waals surface area contributed by atoms with Crippen molar-refractivity contribution in [1.82, 2.24) is 10.2 Å². The molecule has 1 heterocycles. The number of hydrogen-bond acceptors (Lipinski definition) is 4. The summed E-state index contributed by atoms with van der Waals surface area (Å²) in [6.07, 6.45) is 0. The first-order chi connectivity index (χ1) is 12.5. The van der Waals surface area contributed by atoms with Gasteiger partial charge in [0.15, 0.2) is 0 Å². The van der Waals surface area contributed by atoms with Crippen molar-refractivity contribution < 1.29 is 4.79 Å². The standard InChI is InChI=1S/C21H28N4O/c1-16-8-9-18(22)14-20(16)21(26)23-15-17(2)24-10-12-25(13-11-24)19-6-4-3-5-7-19/h3-9,14,17H,10-13,15,22H2,1-2H3,(H,23,26). The van der Waals surface area contributed by atoms with Gasteiger partial charge in [0.25, 0.3) is 5.91 Å². The lowest BCUT2D eigenvalue weighted by Gasteiger charge is -2.39. The van der Waals surface area contributed by atoms with Crippen molar-refractivity contribution >= 4 is 17.3 Å². The number of aryl methyl sites for hydroxylation is 1. The van der Waals surface area contributed by atoms with Gasteiger partial charge in [0.2, 0.25) is 0 Å². The molecule has 1 fully saturated rings. The lowest BCUT2D eigenvalue weighted by atomic mass is 10.1. The summed E-state index contributed by atoms with van der Waals surface area (Å²) in [7, 11) is 0. The molecule has 1 aliphatic rings. The van der Waals surface area contributed by atoms with E-state index in [9.17, 15) is 4.79 Å². The molecule has 2 aromatic carbocycles. The zero-order valence-electron chi connectivity index (χ0n) is 15.6. The zero-order chi connectivity index (χ0) is 18.5. The molecule has 0 saturated carbocycles. The number of carbonyl (C=O) groups is 1. The van der Waals surface area contributed by atoms with Crippen LogP contribution < -0.4 is 16.0 Å². The van der Waals surface area contributed by atoms with Gasteiger partial charge >= 0.3 is 0 Å². The molecule has 1 aliphatic heterocycles. The fourth-order valence-corrected chi connectivity index (χ4v) is 3.41. The van der Waals surface area contributed by atoms with E-state index >= 15 is 0 Å². The predicted octanol–water partition coefficient (Wildman–Crippen LogP) is 2.52. The minimum Gasteiger partial charge on any atom is -0.399 e. The van der Waals surface area contributed by atoms with Gasteiger partial charge in [-0.3, -0.25) is 9.69 Å². The summed E-state index contributed by atoms with van der Waals surface area (Å²) in [6, 6.07) is 16.3. The third-order valence-electron chi connectivity index (χ3n) is 5.12. The number of para-hydroxylation sites is 1. The van der Waals surface area contributed by atoms with Crippen LogP contribution in [0.2, 0.25) is 0 Å². The van der Waals surface area contributed by atoms with E-state index in [-0.39, 0.29) is 5.91 Å². The van der Waals surface area contributed by atoms with Gasteiger partial charge in [0.05, 0.1) is 0 Å². The third kappa shape index (κ3) is 4.35. The van der Waals surface area contributed by atoms with E-state index in [0.717, 1.165) is 31.7 Å². The maximum Gasteiger partial charge on any atom is 0.251 e. The summed E-state index contributed by atoms with van der Waals surface area (Å²) >= 11 is 0. The highest BCUT2D eigenvalue weighted by atomic mass is 16.1. The summed E-state index contributed by atoms with van der Waals surface area (Å²) in [5.41, 5.74) is 9.31. The summed E-state index contributed by atoms with van der Waals surface area (Å²) in [6.45, 7) is 8.77. The smallest absolute Gasteiger partial charge is 0.251 e. The zero-order valence-corrected chi connectivity index (χ0v) is 15.6. The van der Waals surface area contributed by atoms with Crippen molar-refractivity contribution in [3.8, 4) is 0 Å². The van der Waals surface area contributed by atoms with Gasteiger partial charge in [-0.05, 0) is 43.7 Å². The molecule has 0 radical (unpaired) electrons. The largest absolute Gasteiger partial charge is 0.399 e. The van der Waals surface area contributed by atoms with Gasteiger partial charge in [0.1, 0.15) is 0 Å². The average Bonchev–Trinajstić information content (AvgIpc) is 2.68. The van der Waals surface area contributed by atoms with Crippen molar-refractivity contribution in [3.05, 3.63) is 59.7 Å². The second-order valence-corrected chi connectivity index (χ2v) is 6.99. The lowest BCUT2D eigenvalue weighted by Crippen LogP contribution is -2.52. The second-order valence-electron chi connectivity index (χ2n) is 6.99. The van der Waals surface area contributed by atoms with Crippen LogP contribution in [0.25, 0.3) is 0 Å². The molecular formula is C21H28N4O. The molecule has 0 aromatic heterocycles. The van der Waals surface area contributed by atoms with E-state index in [0.29, 0.717) is 23.8 Å². The Morgan fingerprint density at radius 1 is 1.12 bits per heavy atom. The Bertz CT molecular complexity index is 739. The summed E-state index contributed by atoms with van der Waals surface area (Å²) in [5.74, 6) is -0.0513. The topological polar surface area (TPSA) is 61.6 Å². The molecule has 0 bridgehead atoms. The van der Waals surface area contributed by atoms with E-state index in [1.165, 1.54) is 5.69 Å². The Morgan fingerprint density at radius 3 is 2.50 bits per heavy atom. The highest BCUT2D eigenvalue weighted by molar-refractivity contribution is 5.96. The van der Waals surface area contributed by atoms with Crippen LogP contribution in [0.15, 0.2) is 48.5 Å². The Morgan fingerprint density at radius 2 is 1.81 bits per heavy atom. The molecule has 2 aromatic rings. The maximum absolute atomic E-state index is 12.4. The molecule has 0 spiro atoms. The molecule has 3 rings (SSSR count). The van der Waals surface area contributed by atoms with Crippen LogP contribution >= 0.6 is 0 Å². The molecule has 0 aliphatic carbocycles. The van der Waals surface area contributed by atoms with Crippen molar-refractivity contribution in [1.29, 1.82) is 0 Å². The molecule has 5 nitrogen and oxygen atoms in total. The van der Waals surface area contributed by atoms with Crippen LogP contribution in [0.1, 0.15) is 22.8 Å². The van der Waals surface area contributed by atoms with Gasteiger partial charge in [-0.15, -0.1) is 0 Å². The van der Waals surface area contributed by atoms with Crippen LogP contribution in [0, 0.1) is 6.92 Å². The van der Waals surface area contributed by atoms with E-state index in [2.05, 4.69) is 46.3 Å². The summed E-state index contributed by atoms with van der Waals surface area (Å²) in [4.78, 5) is 17.3. The third-order valence-corrected chi connectivity index (χ3v) is 5.12. The van der Waals surface area contributed by atoms with Crippen LogP contribution in [0.3, 0.4) is 0 Å². The van der Waals surface area contributed by atoms with Crippen LogP contribution in [0.5, 0.6) is 0 Å². The van der Waals surface area contributed by atoms with Crippen molar-refractivity contribution in [2.24, 2.45) is 0 Å². The first-order valence-electron chi connectivity index (χ1n) is 9.23. The minimum absolute atomic E-state index is 0.0513. The van der Waals surface area contributed by atoms with Crippen LogP contribution in [0.4, 0.5) is 11.4 Å². The Balaban J connectivity index is 1.49. The molecule has 1 saturated heterocycles. The van der Waals surface area contributed by atoms with Gasteiger partial charge in [-0.25, -0.2) is 0 Å². The number of piperazine rings is 1. The molecular weight excluding hydrogens is 324 g/mol.